The molecule has 4 nitrogen and oxygen atoms in total. The van der Waals surface area contributed by atoms with Gasteiger partial charge in [-0.3, -0.25) is 0 Å². The van der Waals surface area contributed by atoms with Gasteiger partial charge in [-0.25, -0.2) is 0 Å². The van der Waals surface area contributed by atoms with Gasteiger partial charge in [0, 0.05) is 24.1 Å². The van der Waals surface area contributed by atoms with Crippen LogP contribution in [0.15, 0.2) is 48.5 Å². The molecule has 0 unspecified atom stereocenters. The Labute approximate surface area is 192 Å². The summed E-state index contributed by atoms with van der Waals surface area (Å²) in [5, 5.41) is 1.46. The number of fused-ring (bicyclic) bond motifs is 1. The van der Waals surface area contributed by atoms with Gasteiger partial charge in [0.25, 0.3) is 0 Å². The van der Waals surface area contributed by atoms with Crippen molar-refractivity contribution in [3.63, 3.8) is 0 Å². The summed E-state index contributed by atoms with van der Waals surface area (Å²) in [4.78, 5) is 0. The molecule has 4 heteroatoms. The van der Waals surface area contributed by atoms with Crippen molar-refractivity contribution in [2.45, 2.75) is 69.9 Å². The molecule has 0 radical (unpaired) electrons. The quantitative estimate of drug-likeness (QED) is 0.376. The molecule has 3 N–H and O–H groups in total. The minimum atomic E-state index is 0. The van der Waals surface area contributed by atoms with Crippen molar-refractivity contribution in [3.05, 3.63) is 59.7 Å². The summed E-state index contributed by atoms with van der Waals surface area (Å²) in [7, 11) is 1.72. The number of benzene rings is 2. The van der Waals surface area contributed by atoms with Crippen molar-refractivity contribution in [1.29, 1.82) is 0 Å². The maximum absolute atomic E-state index is 5.86. The molecule has 3 aromatic rings. The summed E-state index contributed by atoms with van der Waals surface area (Å²) in [5.41, 5.74) is 7.17. The van der Waals surface area contributed by atoms with Crippen LogP contribution in [0.25, 0.3) is 22.2 Å². The fourth-order valence-corrected chi connectivity index (χ4v) is 5.87. The summed E-state index contributed by atoms with van der Waals surface area (Å²) in [5.74, 6) is 0.671. The summed E-state index contributed by atoms with van der Waals surface area (Å²) in [6.45, 7) is 1.94. The van der Waals surface area contributed by atoms with Crippen molar-refractivity contribution in [3.8, 4) is 11.3 Å². The van der Waals surface area contributed by atoms with Crippen molar-refractivity contribution in [1.82, 2.24) is 10.7 Å². The molecule has 32 heavy (non-hydrogen) atoms. The topological polar surface area (TPSA) is 58.4 Å². The van der Waals surface area contributed by atoms with E-state index in [1.54, 1.807) is 12.7 Å². The lowest BCUT2D eigenvalue weighted by atomic mass is 9.91. The van der Waals surface area contributed by atoms with Crippen LogP contribution in [0, 0.1) is 0 Å². The van der Waals surface area contributed by atoms with E-state index in [9.17, 15) is 0 Å². The average molecular weight is 435 g/mol. The van der Waals surface area contributed by atoms with Crippen LogP contribution in [0.1, 0.15) is 74.5 Å². The number of rotatable bonds is 8. The molecule has 2 aliphatic rings. The Kier molecular flexibility index (Phi) is 7.67. The zero-order valence-corrected chi connectivity index (χ0v) is 19.5. The standard InChI is InChI=1S/C28H35NO2.H3N/c1-30-17-18-31-20-21-15-16-26-25(19-21)27(22-9-5-6-10-22)28(23-11-3-2-4-12-23)29(26)24-13-7-8-14-24;/h2-4,11-12,15-16,19,22,24H,5-10,13-14,17-18,20H2,1H3;1H3. The predicted molar refractivity (Wildman–Crippen MR) is 133 cm³/mol. The van der Waals surface area contributed by atoms with Crippen LogP contribution in [0.4, 0.5) is 0 Å². The van der Waals surface area contributed by atoms with Gasteiger partial charge in [-0.1, -0.05) is 62.1 Å². The lowest BCUT2D eigenvalue weighted by Gasteiger charge is -2.20. The fraction of sp³-hybridized carbons (Fsp3) is 0.500. The molecule has 0 spiro atoms. The number of hydrogen-bond acceptors (Lipinski definition) is 3. The largest absolute Gasteiger partial charge is 0.382 e. The lowest BCUT2D eigenvalue weighted by molar-refractivity contribution is 0.0617. The van der Waals surface area contributed by atoms with E-state index < -0.39 is 0 Å². The van der Waals surface area contributed by atoms with E-state index in [1.165, 1.54) is 79.1 Å². The summed E-state index contributed by atoms with van der Waals surface area (Å²) >= 11 is 0. The highest BCUT2D eigenvalue weighted by Gasteiger charge is 2.30. The number of nitrogens with zero attached hydrogens (tertiary/aromatic N) is 1. The lowest BCUT2D eigenvalue weighted by Crippen LogP contribution is -2.07. The summed E-state index contributed by atoms with van der Waals surface area (Å²) in [6, 6.07) is 18.8. The van der Waals surface area contributed by atoms with E-state index in [2.05, 4.69) is 53.1 Å². The van der Waals surface area contributed by atoms with Crippen LogP contribution in [0.3, 0.4) is 0 Å². The van der Waals surface area contributed by atoms with Gasteiger partial charge < -0.3 is 20.2 Å². The molecular weight excluding hydrogens is 396 g/mol. The number of methoxy groups -OCH3 is 1. The van der Waals surface area contributed by atoms with Crippen molar-refractivity contribution >= 4 is 10.9 Å². The molecule has 0 amide bonds. The molecular formula is C28H38N2O2. The normalized spacial score (nSPS) is 17.3. The first-order valence-corrected chi connectivity index (χ1v) is 12.2. The Hall–Kier alpha value is -2.14. The maximum atomic E-state index is 5.86. The molecule has 2 saturated carbocycles. The molecule has 172 valence electrons. The minimum Gasteiger partial charge on any atom is -0.382 e. The predicted octanol–water partition coefficient (Wildman–Crippen LogP) is 7.41. The molecule has 2 aromatic carbocycles. The molecule has 0 atom stereocenters. The Balaban J connectivity index is 0.00000245. The van der Waals surface area contributed by atoms with Crippen LogP contribution in [-0.2, 0) is 16.1 Å². The SMILES string of the molecule is COCCOCc1ccc2c(c1)c(C1CCCC1)c(-c1ccccc1)n2C1CCCC1.N. The zero-order chi connectivity index (χ0) is 21.0. The van der Waals surface area contributed by atoms with Gasteiger partial charge in [-0.05, 0) is 60.4 Å². The van der Waals surface area contributed by atoms with E-state index in [0.717, 1.165) is 0 Å². The first-order chi connectivity index (χ1) is 15.4. The Morgan fingerprint density at radius 2 is 1.59 bits per heavy atom. The fourth-order valence-electron chi connectivity index (χ4n) is 5.87. The smallest absolute Gasteiger partial charge is 0.0718 e. The molecule has 5 rings (SSSR count). The molecule has 0 aliphatic heterocycles. The van der Waals surface area contributed by atoms with Crippen molar-refractivity contribution in [2.75, 3.05) is 20.3 Å². The van der Waals surface area contributed by atoms with Crippen LogP contribution in [0.2, 0.25) is 0 Å². The molecule has 2 fully saturated rings. The third-order valence-corrected chi connectivity index (χ3v) is 7.31. The van der Waals surface area contributed by atoms with Gasteiger partial charge in [-0.15, -0.1) is 0 Å². The van der Waals surface area contributed by atoms with E-state index in [4.69, 9.17) is 9.47 Å². The first kappa shape index (κ1) is 23.0. The molecule has 1 aromatic heterocycles. The van der Waals surface area contributed by atoms with Crippen LogP contribution in [0.5, 0.6) is 0 Å². The van der Waals surface area contributed by atoms with Gasteiger partial charge in [0.15, 0.2) is 0 Å². The molecule has 1 heterocycles. The zero-order valence-electron chi connectivity index (χ0n) is 19.5. The average Bonchev–Trinajstić information content (AvgIpc) is 3.56. The third-order valence-electron chi connectivity index (χ3n) is 7.31. The van der Waals surface area contributed by atoms with E-state index in [0.29, 0.717) is 31.8 Å². The minimum absolute atomic E-state index is 0. The number of aromatic nitrogens is 1. The highest BCUT2D eigenvalue weighted by molar-refractivity contribution is 5.93. The Morgan fingerprint density at radius 3 is 2.31 bits per heavy atom. The number of hydrogen-bond donors (Lipinski definition) is 1. The van der Waals surface area contributed by atoms with E-state index >= 15 is 0 Å². The van der Waals surface area contributed by atoms with Crippen LogP contribution < -0.4 is 6.15 Å². The second kappa shape index (κ2) is 10.7. The van der Waals surface area contributed by atoms with Gasteiger partial charge in [0.2, 0.25) is 0 Å². The van der Waals surface area contributed by atoms with Crippen LogP contribution >= 0.6 is 0 Å². The van der Waals surface area contributed by atoms with Crippen molar-refractivity contribution in [2.24, 2.45) is 0 Å². The maximum Gasteiger partial charge on any atom is 0.0718 e. The van der Waals surface area contributed by atoms with Gasteiger partial charge in [0.05, 0.1) is 25.5 Å². The highest BCUT2D eigenvalue weighted by Crippen LogP contribution is 2.48. The van der Waals surface area contributed by atoms with E-state index in [-0.39, 0.29) is 6.15 Å². The van der Waals surface area contributed by atoms with Gasteiger partial charge in [0.1, 0.15) is 0 Å². The first-order valence-electron chi connectivity index (χ1n) is 12.2. The summed E-state index contributed by atoms with van der Waals surface area (Å²) < 4.78 is 13.7. The third kappa shape index (κ3) is 4.50. The van der Waals surface area contributed by atoms with E-state index in [1.807, 2.05) is 0 Å². The monoisotopic (exact) mass is 434 g/mol. The Morgan fingerprint density at radius 1 is 0.875 bits per heavy atom. The second-order valence-corrected chi connectivity index (χ2v) is 9.31. The molecule has 2 aliphatic carbocycles. The Bertz CT molecular complexity index is 999. The van der Waals surface area contributed by atoms with Gasteiger partial charge >= 0.3 is 0 Å². The number of ether oxygens (including phenoxy) is 2. The second-order valence-electron chi connectivity index (χ2n) is 9.31. The van der Waals surface area contributed by atoms with Gasteiger partial charge in [-0.2, -0.15) is 0 Å². The molecule has 0 bridgehead atoms. The van der Waals surface area contributed by atoms with Crippen LogP contribution in [-0.4, -0.2) is 24.9 Å². The molecule has 0 saturated heterocycles. The highest BCUT2D eigenvalue weighted by atomic mass is 16.5. The summed E-state index contributed by atoms with van der Waals surface area (Å²) in [6.07, 6.45) is 10.6. The van der Waals surface area contributed by atoms with Crippen molar-refractivity contribution < 1.29 is 9.47 Å².